The van der Waals surface area contributed by atoms with Gasteiger partial charge in [0.1, 0.15) is 11.6 Å². The molecule has 0 amide bonds. The summed E-state index contributed by atoms with van der Waals surface area (Å²) >= 11 is 12.4. The van der Waals surface area contributed by atoms with Gasteiger partial charge in [-0.2, -0.15) is 0 Å². The minimum absolute atomic E-state index is 0.103. The van der Waals surface area contributed by atoms with Crippen molar-refractivity contribution in [3.05, 3.63) is 125 Å². The zero-order valence-corrected chi connectivity index (χ0v) is 26.4. The summed E-state index contributed by atoms with van der Waals surface area (Å²) < 4.78 is 7.76. The first kappa shape index (κ1) is 33.4. The van der Waals surface area contributed by atoms with Crippen LogP contribution in [0.25, 0.3) is 28.9 Å². The molecule has 4 aromatic rings. The zero-order valence-electron chi connectivity index (χ0n) is 24.8. The van der Waals surface area contributed by atoms with E-state index in [1.165, 1.54) is 5.56 Å². The molecule has 0 bridgehead atoms. The lowest BCUT2D eigenvalue weighted by molar-refractivity contribution is -0.137. The summed E-state index contributed by atoms with van der Waals surface area (Å²) in [6.45, 7) is 7.00. The number of hydrogen-bond donors (Lipinski definition) is 1. The zero-order chi connectivity index (χ0) is 31.0. The highest BCUT2D eigenvalue weighted by atomic mass is 35.5. The molecule has 0 fully saturated rings. The van der Waals surface area contributed by atoms with Gasteiger partial charge < -0.3 is 14.4 Å². The standard InChI is InChI=1S/C34H32Cl2N2O3.C2H6/c1-2-30(31(36)20-21-35)32-24-38(23-26-7-4-3-5-8-26)33(37-32)19-12-25-10-13-27(14-11-25)28-15-17-29(18-16-28)41-22-6-9-34(39)40;1-2/h2-5,7-8,10-20,24H,6,9,21-23H2,1H3,(H,39,40);1-2H3/b19-12+,30-2+,31-20+;. The van der Waals surface area contributed by atoms with E-state index in [9.17, 15) is 4.79 Å². The van der Waals surface area contributed by atoms with Crippen molar-refractivity contribution < 1.29 is 14.6 Å². The lowest BCUT2D eigenvalue weighted by Crippen LogP contribution is -2.01. The molecule has 0 unspecified atom stereocenters. The van der Waals surface area contributed by atoms with Gasteiger partial charge in [-0.1, -0.05) is 110 Å². The third-order valence-electron chi connectivity index (χ3n) is 6.41. The van der Waals surface area contributed by atoms with Gasteiger partial charge in [-0.05, 0) is 53.8 Å². The maximum Gasteiger partial charge on any atom is 0.303 e. The molecule has 43 heavy (non-hydrogen) atoms. The van der Waals surface area contributed by atoms with Gasteiger partial charge in [-0.25, -0.2) is 4.98 Å². The summed E-state index contributed by atoms with van der Waals surface area (Å²) in [4.78, 5) is 15.5. The highest BCUT2D eigenvalue weighted by molar-refractivity contribution is 6.37. The first-order chi connectivity index (χ1) is 21.0. The number of ether oxygens (including phenoxy) is 1. The Morgan fingerprint density at radius 2 is 1.60 bits per heavy atom. The molecular weight excluding hydrogens is 579 g/mol. The number of carbonyl (C=O) groups is 1. The number of aliphatic carboxylic acids is 1. The average molecular weight is 618 g/mol. The number of carboxylic acids is 1. The van der Waals surface area contributed by atoms with Crippen molar-refractivity contribution in [2.45, 2.75) is 40.2 Å². The molecule has 224 valence electrons. The van der Waals surface area contributed by atoms with E-state index in [2.05, 4.69) is 47.0 Å². The van der Waals surface area contributed by atoms with E-state index in [0.29, 0.717) is 30.5 Å². The van der Waals surface area contributed by atoms with E-state index in [0.717, 1.165) is 39.5 Å². The topological polar surface area (TPSA) is 64.3 Å². The first-order valence-corrected chi connectivity index (χ1v) is 15.3. The Morgan fingerprint density at radius 3 is 2.21 bits per heavy atom. The van der Waals surface area contributed by atoms with Gasteiger partial charge in [0, 0.05) is 35.6 Å². The van der Waals surface area contributed by atoms with Crippen LogP contribution in [0.3, 0.4) is 0 Å². The molecule has 1 heterocycles. The maximum atomic E-state index is 10.6. The van der Waals surface area contributed by atoms with Crippen LogP contribution < -0.4 is 4.74 Å². The van der Waals surface area contributed by atoms with E-state index in [4.69, 9.17) is 38.0 Å². The SMILES string of the molecule is C/C=C(\C(Cl)=C/CCl)c1cn(Cc2ccccc2)c(/C=C/c2ccc(-c3ccc(OCCCC(=O)O)cc3)cc2)n1.CC. The van der Waals surface area contributed by atoms with Crippen molar-refractivity contribution in [2.75, 3.05) is 12.5 Å². The second-order valence-corrected chi connectivity index (χ2v) is 10.0. The van der Waals surface area contributed by atoms with Gasteiger partial charge in [0.15, 0.2) is 0 Å². The number of allylic oxidation sites excluding steroid dienone is 4. The number of carboxylic acid groups (broad SMARTS) is 1. The third kappa shape index (κ3) is 10.3. The Kier molecular flexibility index (Phi) is 13.8. The fourth-order valence-electron chi connectivity index (χ4n) is 4.30. The van der Waals surface area contributed by atoms with Crippen molar-refractivity contribution in [3.8, 4) is 16.9 Å². The van der Waals surface area contributed by atoms with E-state index >= 15 is 0 Å². The minimum Gasteiger partial charge on any atom is -0.494 e. The van der Waals surface area contributed by atoms with Crippen LogP contribution in [0, 0.1) is 0 Å². The number of nitrogens with zero attached hydrogens (tertiary/aromatic N) is 2. The summed E-state index contributed by atoms with van der Waals surface area (Å²) in [6, 6.07) is 26.4. The number of hydrogen-bond acceptors (Lipinski definition) is 3. The molecule has 1 aromatic heterocycles. The summed E-state index contributed by atoms with van der Waals surface area (Å²) in [5.41, 5.74) is 6.02. The quantitative estimate of drug-likeness (QED) is 0.0922. The van der Waals surface area contributed by atoms with Crippen LogP contribution >= 0.6 is 23.2 Å². The molecule has 0 aliphatic heterocycles. The largest absolute Gasteiger partial charge is 0.494 e. The molecule has 0 spiro atoms. The van der Waals surface area contributed by atoms with Gasteiger partial charge in [-0.3, -0.25) is 4.79 Å². The van der Waals surface area contributed by atoms with Gasteiger partial charge in [0.2, 0.25) is 0 Å². The lowest BCUT2D eigenvalue weighted by Gasteiger charge is -2.07. The third-order valence-corrected chi connectivity index (χ3v) is 6.92. The Morgan fingerprint density at radius 1 is 0.953 bits per heavy atom. The fraction of sp³-hybridized carbons (Fsp3) is 0.222. The number of imidazole rings is 1. The van der Waals surface area contributed by atoms with Crippen LogP contribution in [0.4, 0.5) is 0 Å². The van der Waals surface area contributed by atoms with E-state index < -0.39 is 5.97 Å². The molecular formula is C36H38Cl2N2O3. The van der Waals surface area contributed by atoms with Crippen LogP contribution in [0.5, 0.6) is 5.75 Å². The van der Waals surface area contributed by atoms with Gasteiger partial charge in [0.05, 0.1) is 12.3 Å². The molecule has 0 aliphatic rings. The first-order valence-electron chi connectivity index (χ1n) is 14.4. The lowest BCUT2D eigenvalue weighted by atomic mass is 10.0. The Labute approximate surface area is 264 Å². The average Bonchev–Trinajstić information content (AvgIpc) is 3.42. The van der Waals surface area contributed by atoms with Crippen molar-refractivity contribution >= 4 is 46.9 Å². The fourth-order valence-corrected chi connectivity index (χ4v) is 4.82. The highest BCUT2D eigenvalue weighted by Crippen LogP contribution is 2.27. The normalized spacial score (nSPS) is 11.7. The van der Waals surface area contributed by atoms with Crippen LogP contribution in [-0.2, 0) is 11.3 Å². The van der Waals surface area contributed by atoms with E-state index in [1.54, 1.807) is 6.08 Å². The summed E-state index contributed by atoms with van der Waals surface area (Å²) in [7, 11) is 0. The van der Waals surface area contributed by atoms with Gasteiger partial charge in [0.25, 0.3) is 0 Å². The summed E-state index contributed by atoms with van der Waals surface area (Å²) in [5.74, 6) is 1.06. The summed E-state index contributed by atoms with van der Waals surface area (Å²) in [5, 5.41) is 9.32. The van der Waals surface area contributed by atoms with Crippen LogP contribution in [0.15, 0.2) is 102 Å². The van der Waals surface area contributed by atoms with Crippen LogP contribution in [-0.4, -0.2) is 33.1 Å². The number of benzene rings is 3. The Hall–Kier alpha value is -4.06. The van der Waals surface area contributed by atoms with Crippen LogP contribution in [0.1, 0.15) is 56.3 Å². The van der Waals surface area contributed by atoms with Gasteiger partial charge in [-0.15, -0.1) is 11.6 Å². The van der Waals surface area contributed by atoms with Gasteiger partial charge >= 0.3 is 5.97 Å². The molecule has 0 atom stereocenters. The van der Waals surface area contributed by atoms with E-state index in [-0.39, 0.29) is 6.42 Å². The maximum absolute atomic E-state index is 10.6. The predicted octanol–water partition coefficient (Wildman–Crippen LogP) is 9.80. The molecule has 5 nitrogen and oxygen atoms in total. The highest BCUT2D eigenvalue weighted by Gasteiger charge is 2.13. The summed E-state index contributed by atoms with van der Waals surface area (Å²) in [6.07, 6.45) is 10.4. The molecule has 0 saturated heterocycles. The van der Waals surface area contributed by atoms with Crippen LogP contribution in [0.2, 0.25) is 0 Å². The van der Waals surface area contributed by atoms with Crippen molar-refractivity contribution in [3.63, 3.8) is 0 Å². The molecule has 0 saturated carbocycles. The number of alkyl halides is 1. The Balaban J connectivity index is 0.00000248. The second kappa shape index (κ2) is 17.8. The van der Waals surface area contributed by atoms with E-state index in [1.807, 2.05) is 81.6 Å². The predicted molar refractivity (Wildman–Crippen MR) is 181 cm³/mol. The minimum atomic E-state index is -0.812. The Bertz CT molecular complexity index is 1520. The molecule has 0 radical (unpaired) electrons. The van der Waals surface area contributed by atoms with Crippen molar-refractivity contribution in [2.24, 2.45) is 0 Å². The smallest absolute Gasteiger partial charge is 0.303 e. The molecule has 7 heteroatoms. The molecule has 3 aromatic carbocycles. The van der Waals surface area contributed by atoms with Crippen molar-refractivity contribution in [1.82, 2.24) is 9.55 Å². The molecule has 1 N–H and O–H groups in total. The number of aromatic nitrogens is 2. The molecule has 0 aliphatic carbocycles. The monoisotopic (exact) mass is 616 g/mol. The second-order valence-electron chi connectivity index (χ2n) is 9.33. The number of rotatable bonds is 13. The number of halogens is 2. The molecule has 4 rings (SSSR count). The van der Waals surface area contributed by atoms with Crippen molar-refractivity contribution in [1.29, 1.82) is 0 Å².